The minimum Gasteiger partial charge on any atom is -0.367 e. The monoisotopic (exact) mass is 421 g/mol. The molecule has 4 nitrogen and oxygen atoms in total. The van der Waals surface area contributed by atoms with E-state index in [0.29, 0.717) is 0 Å². The Hall–Kier alpha value is -0.890. The highest BCUT2D eigenvalue weighted by Crippen LogP contribution is 2.25. The molecule has 1 aliphatic heterocycles. The Bertz CT molecular complexity index is 493. The summed E-state index contributed by atoms with van der Waals surface area (Å²) in [5.74, 6) is 0.751. The molecule has 2 rings (SSSR count). The van der Waals surface area contributed by atoms with Crippen LogP contribution in [0.5, 0.6) is 0 Å². The third-order valence-corrected chi connectivity index (χ3v) is 3.48. The van der Waals surface area contributed by atoms with E-state index in [4.69, 9.17) is 4.74 Å². The molecule has 0 saturated carbocycles. The van der Waals surface area contributed by atoms with Gasteiger partial charge in [-0.25, -0.2) is 4.39 Å². The van der Waals surface area contributed by atoms with E-state index >= 15 is 0 Å². The Morgan fingerprint density at radius 2 is 1.95 bits per heavy atom. The molecule has 0 N–H and O–H groups in total. The van der Waals surface area contributed by atoms with E-state index < -0.39 is 0 Å². The number of guanidine groups is 1. The van der Waals surface area contributed by atoms with Gasteiger partial charge < -0.3 is 14.5 Å². The van der Waals surface area contributed by atoms with Crippen LogP contribution in [0.1, 0.15) is 25.5 Å². The van der Waals surface area contributed by atoms with Gasteiger partial charge in [0, 0.05) is 27.2 Å². The molecule has 1 fully saturated rings. The zero-order valence-corrected chi connectivity index (χ0v) is 16.0. The first-order chi connectivity index (χ1) is 10.0. The molecule has 1 aliphatic rings. The summed E-state index contributed by atoms with van der Waals surface area (Å²) in [6.07, 6.45) is 0.0483. The molecule has 0 spiro atoms. The first kappa shape index (κ1) is 19.2. The lowest BCUT2D eigenvalue weighted by Gasteiger charge is -2.40. The molecule has 0 radical (unpaired) electrons. The van der Waals surface area contributed by atoms with Gasteiger partial charge in [0.15, 0.2) is 5.96 Å². The van der Waals surface area contributed by atoms with E-state index in [0.717, 1.165) is 31.2 Å². The molecule has 0 aromatic heterocycles. The van der Waals surface area contributed by atoms with Crippen LogP contribution < -0.4 is 0 Å². The van der Waals surface area contributed by atoms with Crippen molar-refractivity contribution in [1.29, 1.82) is 0 Å². The first-order valence-corrected chi connectivity index (χ1v) is 7.39. The van der Waals surface area contributed by atoms with Crippen molar-refractivity contribution in [3.05, 3.63) is 35.6 Å². The van der Waals surface area contributed by atoms with Crippen molar-refractivity contribution < 1.29 is 9.13 Å². The molecule has 1 heterocycles. The number of rotatable bonds is 2. The fourth-order valence-corrected chi connectivity index (χ4v) is 2.64. The largest absolute Gasteiger partial charge is 0.367 e. The van der Waals surface area contributed by atoms with Crippen LogP contribution in [0.4, 0.5) is 4.39 Å². The second-order valence-electron chi connectivity index (χ2n) is 5.56. The number of aliphatic imine (C=N–C) groups is 1. The Kier molecular flexibility index (Phi) is 7.55. The Balaban J connectivity index is 0.00000242. The molecule has 0 amide bonds. The second-order valence-corrected chi connectivity index (χ2v) is 5.56. The molecule has 0 aliphatic carbocycles. The number of ether oxygens (including phenoxy) is 1. The topological polar surface area (TPSA) is 28.1 Å². The number of hydrogen-bond acceptors (Lipinski definition) is 2. The summed E-state index contributed by atoms with van der Waals surface area (Å²) >= 11 is 0. The molecule has 1 saturated heterocycles. The van der Waals surface area contributed by atoms with E-state index in [1.54, 1.807) is 12.1 Å². The highest BCUT2D eigenvalue weighted by Gasteiger charge is 2.29. The molecule has 0 bridgehead atoms. The summed E-state index contributed by atoms with van der Waals surface area (Å²) in [7, 11) is 4.00. The third-order valence-electron chi connectivity index (χ3n) is 3.48. The third kappa shape index (κ3) is 4.81. The van der Waals surface area contributed by atoms with Crippen LogP contribution in [-0.4, -0.2) is 55.6 Å². The average Bonchev–Trinajstić information content (AvgIpc) is 2.44. The second kappa shape index (κ2) is 8.67. The van der Waals surface area contributed by atoms with Crippen molar-refractivity contribution in [2.24, 2.45) is 4.99 Å². The first-order valence-electron chi connectivity index (χ1n) is 7.39. The van der Waals surface area contributed by atoms with Crippen molar-refractivity contribution in [1.82, 2.24) is 9.80 Å². The van der Waals surface area contributed by atoms with Gasteiger partial charge in [0.25, 0.3) is 0 Å². The van der Waals surface area contributed by atoms with Gasteiger partial charge in [0.2, 0.25) is 0 Å². The van der Waals surface area contributed by atoms with Crippen molar-refractivity contribution in [2.45, 2.75) is 26.1 Å². The molecular formula is C16H25FIN3O. The molecule has 1 aromatic rings. The van der Waals surface area contributed by atoms with Gasteiger partial charge in [-0.05, 0) is 31.5 Å². The lowest BCUT2D eigenvalue weighted by molar-refractivity contribution is -0.0619. The van der Waals surface area contributed by atoms with E-state index in [1.165, 1.54) is 12.1 Å². The average molecular weight is 421 g/mol. The zero-order chi connectivity index (χ0) is 15.4. The minimum atomic E-state index is -0.221. The van der Waals surface area contributed by atoms with Crippen LogP contribution in [0, 0.1) is 5.82 Å². The summed E-state index contributed by atoms with van der Waals surface area (Å²) in [6, 6.07) is 6.55. The molecule has 2 unspecified atom stereocenters. The van der Waals surface area contributed by atoms with Crippen molar-refractivity contribution in [2.75, 3.05) is 33.7 Å². The highest BCUT2D eigenvalue weighted by atomic mass is 127. The predicted molar refractivity (Wildman–Crippen MR) is 98.3 cm³/mol. The quantitative estimate of drug-likeness (QED) is 0.417. The Morgan fingerprint density at radius 3 is 2.50 bits per heavy atom. The number of morpholine rings is 1. The van der Waals surface area contributed by atoms with Gasteiger partial charge in [-0.2, -0.15) is 0 Å². The molecular weight excluding hydrogens is 396 g/mol. The number of hydrogen-bond donors (Lipinski definition) is 0. The van der Waals surface area contributed by atoms with Gasteiger partial charge in [-0.15, -0.1) is 24.0 Å². The standard InChI is InChI=1S/C16H24FN3O.HI/c1-5-18-16(19(3)4)20-10-12(2)21-15(11-20)13-6-8-14(17)9-7-13;/h6-9,12,15H,5,10-11H2,1-4H3;1H. The van der Waals surface area contributed by atoms with Crippen molar-refractivity contribution in [3.8, 4) is 0 Å². The summed E-state index contributed by atoms with van der Waals surface area (Å²) in [5, 5.41) is 0. The van der Waals surface area contributed by atoms with E-state index in [1.807, 2.05) is 25.9 Å². The van der Waals surface area contributed by atoms with Gasteiger partial charge in [-0.3, -0.25) is 4.99 Å². The lowest BCUT2D eigenvalue weighted by atomic mass is 10.1. The zero-order valence-electron chi connectivity index (χ0n) is 13.6. The fourth-order valence-electron chi connectivity index (χ4n) is 2.64. The van der Waals surface area contributed by atoms with Crippen LogP contribution in [0.15, 0.2) is 29.3 Å². The highest BCUT2D eigenvalue weighted by molar-refractivity contribution is 14.0. The van der Waals surface area contributed by atoms with Crippen LogP contribution in [0.2, 0.25) is 0 Å². The number of nitrogens with zero attached hydrogens (tertiary/aromatic N) is 3. The molecule has 1 aromatic carbocycles. The summed E-state index contributed by atoms with van der Waals surface area (Å²) in [4.78, 5) is 8.85. The Labute approximate surface area is 149 Å². The normalized spacial score (nSPS) is 22.2. The summed E-state index contributed by atoms with van der Waals surface area (Å²) < 4.78 is 19.1. The van der Waals surface area contributed by atoms with E-state index in [2.05, 4.69) is 16.8 Å². The van der Waals surface area contributed by atoms with Crippen molar-refractivity contribution in [3.63, 3.8) is 0 Å². The number of halogens is 2. The van der Waals surface area contributed by atoms with Gasteiger partial charge >= 0.3 is 0 Å². The predicted octanol–water partition coefficient (Wildman–Crippen LogP) is 3.14. The van der Waals surface area contributed by atoms with E-state index in [9.17, 15) is 4.39 Å². The summed E-state index contributed by atoms with van der Waals surface area (Å²) in [5.41, 5.74) is 1.00. The maximum atomic E-state index is 13.1. The van der Waals surface area contributed by atoms with Crippen LogP contribution in [0.25, 0.3) is 0 Å². The summed E-state index contributed by atoms with van der Waals surface area (Å²) in [6.45, 7) is 6.38. The van der Waals surface area contributed by atoms with Crippen LogP contribution in [0.3, 0.4) is 0 Å². The van der Waals surface area contributed by atoms with E-state index in [-0.39, 0.29) is 42.0 Å². The molecule has 6 heteroatoms. The van der Waals surface area contributed by atoms with Crippen molar-refractivity contribution >= 4 is 29.9 Å². The molecule has 124 valence electrons. The van der Waals surface area contributed by atoms with Crippen LogP contribution in [-0.2, 0) is 4.74 Å². The molecule has 2 atom stereocenters. The minimum absolute atomic E-state index is 0. The fraction of sp³-hybridized carbons (Fsp3) is 0.562. The van der Waals surface area contributed by atoms with Gasteiger partial charge in [0.1, 0.15) is 11.9 Å². The maximum absolute atomic E-state index is 13.1. The smallest absolute Gasteiger partial charge is 0.196 e. The Morgan fingerprint density at radius 1 is 1.32 bits per heavy atom. The SMILES string of the molecule is CCN=C(N(C)C)N1CC(C)OC(c2ccc(F)cc2)C1.I. The maximum Gasteiger partial charge on any atom is 0.196 e. The lowest BCUT2D eigenvalue weighted by Crippen LogP contribution is -2.50. The van der Waals surface area contributed by atoms with Crippen LogP contribution >= 0.6 is 24.0 Å². The van der Waals surface area contributed by atoms with Gasteiger partial charge in [-0.1, -0.05) is 12.1 Å². The molecule has 22 heavy (non-hydrogen) atoms. The number of benzene rings is 1. The van der Waals surface area contributed by atoms with Gasteiger partial charge in [0.05, 0.1) is 12.6 Å².